The number of hydrogen-bond donors (Lipinski definition) is 1. The number of ether oxygens (including phenoxy) is 2. The average molecular weight is 221 g/mol. The van der Waals surface area contributed by atoms with Gasteiger partial charge in [-0.15, -0.1) is 0 Å². The van der Waals surface area contributed by atoms with Crippen molar-refractivity contribution in [3.8, 4) is 0 Å². The van der Waals surface area contributed by atoms with Crippen molar-refractivity contribution >= 4 is 11.6 Å². The van der Waals surface area contributed by atoms with Crippen molar-refractivity contribution in [2.45, 2.75) is 13.0 Å². The summed E-state index contributed by atoms with van der Waals surface area (Å²) in [6.07, 6.45) is -0.491. The van der Waals surface area contributed by atoms with E-state index < -0.39 is 6.10 Å². The van der Waals surface area contributed by atoms with Crippen molar-refractivity contribution in [3.63, 3.8) is 0 Å². The van der Waals surface area contributed by atoms with Crippen molar-refractivity contribution in [1.29, 1.82) is 0 Å². The molecule has 2 rings (SSSR count). The number of amides is 1. The smallest absolute Gasteiger partial charge is 0.255 e. The molecule has 0 radical (unpaired) electrons. The third-order valence-electron chi connectivity index (χ3n) is 2.39. The lowest BCUT2D eigenvalue weighted by Crippen LogP contribution is -2.39. The fraction of sp³-hybridized carbons (Fsp3) is 0.417. The zero-order valence-electron chi connectivity index (χ0n) is 9.23. The lowest BCUT2D eigenvalue weighted by Gasteiger charge is -2.22. The highest BCUT2D eigenvalue weighted by Gasteiger charge is 2.22. The van der Waals surface area contributed by atoms with Crippen LogP contribution in [0.5, 0.6) is 0 Å². The number of anilines is 1. The number of rotatable bonds is 2. The van der Waals surface area contributed by atoms with Crippen molar-refractivity contribution in [3.05, 3.63) is 29.8 Å². The molecule has 1 heterocycles. The van der Waals surface area contributed by atoms with Gasteiger partial charge in [-0.2, -0.15) is 0 Å². The molecule has 4 heteroatoms. The van der Waals surface area contributed by atoms with Crippen LogP contribution in [0.4, 0.5) is 5.69 Å². The van der Waals surface area contributed by atoms with Crippen LogP contribution in [0.1, 0.15) is 5.56 Å². The van der Waals surface area contributed by atoms with Gasteiger partial charge in [-0.1, -0.05) is 12.1 Å². The zero-order chi connectivity index (χ0) is 11.4. The van der Waals surface area contributed by atoms with Gasteiger partial charge in [0.25, 0.3) is 5.91 Å². The highest BCUT2D eigenvalue weighted by Crippen LogP contribution is 2.11. The number of hydrogen-bond acceptors (Lipinski definition) is 3. The van der Waals surface area contributed by atoms with E-state index in [0.717, 1.165) is 11.3 Å². The number of benzene rings is 1. The Morgan fingerprint density at radius 2 is 2.31 bits per heavy atom. The van der Waals surface area contributed by atoms with Crippen molar-refractivity contribution in [2.75, 3.05) is 25.1 Å². The molecule has 0 aromatic heterocycles. The van der Waals surface area contributed by atoms with E-state index in [1.807, 2.05) is 31.2 Å². The van der Waals surface area contributed by atoms with Gasteiger partial charge in [-0.25, -0.2) is 0 Å². The molecule has 0 bridgehead atoms. The molecule has 1 atom stereocenters. The Morgan fingerprint density at radius 1 is 1.44 bits per heavy atom. The van der Waals surface area contributed by atoms with Gasteiger partial charge < -0.3 is 14.8 Å². The third-order valence-corrected chi connectivity index (χ3v) is 2.39. The second kappa shape index (κ2) is 5.09. The Morgan fingerprint density at radius 3 is 3.00 bits per heavy atom. The fourth-order valence-electron chi connectivity index (χ4n) is 1.58. The van der Waals surface area contributed by atoms with E-state index >= 15 is 0 Å². The second-order valence-electron chi connectivity index (χ2n) is 3.79. The van der Waals surface area contributed by atoms with Crippen LogP contribution < -0.4 is 5.32 Å². The van der Waals surface area contributed by atoms with Gasteiger partial charge >= 0.3 is 0 Å². The van der Waals surface area contributed by atoms with Crippen LogP contribution in [0.3, 0.4) is 0 Å². The van der Waals surface area contributed by atoms with Gasteiger partial charge in [0, 0.05) is 5.69 Å². The Hall–Kier alpha value is -1.39. The minimum absolute atomic E-state index is 0.148. The van der Waals surface area contributed by atoms with Crippen LogP contribution in [0, 0.1) is 6.92 Å². The minimum atomic E-state index is -0.491. The summed E-state index contributed by atoms with van der Waals surface area (Å²) >= 11 is 0. The summed E-state index contributed by atoms with van der Waals surface area (Å²) in [6.45, 7) is 3.35. The number of carbonyl (C=O) groups is 1. The Kier molecular flexibility index (Phi) is 3.54. The first-order chi connectivity index (χ1) is 7.75. The molecule has 1 aromatic rings. The molecular weight excluding hydrogens is 206 g/mol. The molecule has 0 aliphatic carbocycles. The van der Waals surface area contributed by atoms with Crippen LogP contribution in [0.2, 0.25) is 0 Å². The van der Waals surface area contributed by atoms with Gasteiger partial charge in [0.05, 0.1) is 19.8 Å². The fourth-order valence-corrected chi connectivity index (χ4v) is 1.58. The van der Waals surface area contributed by atoms with Crippen LogP contribution in [-0.2, 0) is 14.3 Å². The molecule has 86 valence electrons. The Labute approximate surface area is 94.6 Å². The van der Waals surface area contributed by atoms with Crippen LogP contribution in [-0.4, -0.2) is 31.8 Å². The molecule has 1 fully saturated rings. The monoisotopic (exact) mass is 221 g/mol. The summed E-state index contributed by atoms with van der Waals surface area (Å²) in [5.74, 6) is -0.148. The normalized spacial score (nSPS) is 20.4. The van der Waals surface area contributed by atoms with Crippen LogP contribution in [0.25, 0.3) is 0 Å². The van der Waals surface area contributed by atoms with E-state index in [4.69, 9.17) is 9.47 Å². The minimum Gasteiger partial charge on any atom is -0.376 e. The molecule has 0 saturated carbocycles. The SMILES string of the molecule is Cc1cccc(NC(=O)C2COCCO2)c1. The molecule has 1 saturated heterocycles. The summed E-state index contributed by atoms with van der Waals surface area (Å²) < 4.78 is 10.5. The van der Waals surface area contributed by atoms with E-state index in [-0.39, 0.29) is 5.91 Å². The average Bonchev–Trinajstić information content (AvgIpc) is 2.30. The Balaban J connectivity index is 1.96. The van der Waals surface area contributed by atoms with E-state index in [1.165, 1.54) is 0 Å². The predicted molar refractivity (Wildman–Crippen MR) is 60.4 cm³/mol. The van der Waals surface area contributed by atoms with E-state index in [0.29, 0.717) is 19.8 Å². The predicted octanol–water partition coefficient (Wildman–Crippen LogP) is 1.35. The number of aryl methyl sites for hydroxylation is 1. The van der Waals surface area contributed by atoms with Gasteiger partial charge in [0.2, 0.25) is 0 Å². The number of carbonyl (C=O) groups excluding carboxylic acids is 1. The van der Waals surface area contributed by atoms with Gasteiger partial charge in [0.1, 0.15) is 0 Å². The lowest BCUT2D eigenvalue weighted by atomic mass is 10.2. The summed E-state index contributed by atoms with van der Waals surface area (Å²) in [5, 5.41) is 2.81. The standard InChI is InChI=1S/C12H15NO3/c1-9-3-2-4-10(7-9)13-12(14)11-8-15-5-6-16-11/h2-4,7,11H,5-6,8H2,1H3,(H,13,14). The molecule has 1 aliphatic rings. The summed E-state index contributed by atoms with van der Waals surface area (Å²) in [4.78, 5) is 11.8. The quantitative estimate of drug-likeness (QED) is 0.820. The van der Waals surface area contributed by atoms with Crippen molar-refractivity contribution < 1.29 is 14.3 Å². The molecule has 1 aliphatic heterocycles. The maximum atomic E-state index is 11.8. The third kappa shape index (κ3) is 2.81. The summed E-state index contributed by atoms with van der Waals surface area (Å²) in [5.41, 5.74) is 1.90. The molecule has 1 aromatic carbocycles. The van der Waals surface area contributed by atoms with Gasteiger partial charge in [0.15, 0.2) is 6.10 Å². The molecule has 0 spiro atoms. The largest absolute Gasteiger partial charge is 0.376 e. The molecule has 1 amide bonds. The van der Waals surface area contributed by atoms with Crippen LogP contribution >= 0.6 is 0 Å². The summed E-state index contributed by atoms with van der Waals surface area (Å²) in [6, 6.07) is 7.66. The van der Waals surface area contributed by atoms with Crippen molar-refractivity contribution in [1.82, 2.24) is 0 Å². The van der Waals surface area contributed by atoms with Gasteiger partial charge in [-0.3, -0.25) is 4.79 Å². The highest BCUT2D eigenvalue weighted by molar-refractivity contribution is 5.94. The van der Waals surface area contributed by atoms with Crippen molar-refractivity contribution in [2.24, 2.45) is 0 Å². The molecule has 1 N–H and O–H groups in total. The van der Waals surface area contributed by atoms with E-state index in [2.05, 4.69) is 5.32 Å². The van der Waals surface area contributed by atoms with Gasteiger partial charge in [-0.05, 0) is 24.6 Å². The molecule has 1 unspecified atom stereocenters. The second-order valence-corrected chi connectivity index (χ2v) is 3.79. The number of nitrogens with one attached hydrogen (secondary N) is 1. The first kappa shape index (κ1) is 11.1. The lowest BCUT2D eigenvalue weighted by molar-refractivity contribution is -0.142. The molecule has 4 nitrogen and oxygen atoms in total. The van der Waals surface area contributed by atoms with Crippen LogP contribution in [0.15, 0.2) is 24.3 Å². The van der Waals surface area contributed by atoms with E-state index in [9.17, 15) is 4.79 Å². The summed E-state index contributed by atoms with van der Waals surface area (Å²) in [7, 11) is 0. The first-order valence-corrected chi connectivity index (χ1v) is 5.32. The maximum Gasteiger partial charge on any atom is 0.255 e. The highest BCUT2D eigenvalue weighted by atomic mass is 16.6. The Bertz CT molecular complexity index is 372. The topological polar surface area (TPSA) is 47.6 Å². The maximum absolute atomic E-state index is 11.8. The zero-order valence-corrected chi connectivity index (χ0v) is 9.23. The first-order valence-electron chi connectivity index (χ1n) is 5.32. The van der Waals surface area contributed by atoms with E-state index in [1.54, 1.807) is 0 Å². The molecule has 16 heavy (non-hydrogen) atoms. The molecular formula is C12H15NO3.